The topological polar surface area (TPSA) is 75.5 Å². The molecule has 0 radical (unpaired) electrons. The summed E-state index contributed by atoms with van der Waals surface area (Å²) in [5, 5.41) is 5.85. The van der Waals surface area contributed by atoms with Gasteiger partial charge in [-0.3, -0.25) is 14.0 Å². The molecular weight excluding hydrogens is 292 g/mol. The maximum Gasteiger partial charge on any atom is 0.287 e. The number of imidazole rings is 1. The van der Waals surface area contributed by atoms with Crippen LogP contribution in [-0.4, -0.2) is 33.8 Å². The zero-order valence-corrected chi connectivity index (χ0v) is 13.3. The predicted octanol–water partition coefficient (Wildman–Crippen LogP) is 2.15. The van der Waals surface area contributed by atoms with Crippen molar-refractivity contribution in [2.24, 2.45) is 0 Å². The third kappa shape index (κ3) is 3.21. The molecule has 6 heteroatoms. The highest BCUT2D eigenvalue weighted by atomic mass is 16.2. The van der Waals surface area contributed by atoms with Crippen molar-refractivity contribution in [3.8, 4) is 0 Å². The third-order valence-electron chi connectivity index (χ3n) is 4.19. The Morgan fingerprint density at radius 1 is 1.26 bits per heavy atom. The fourth-order valence-electron chi connectivity index (χ4n) is 3.01. The number of aromatic nitrogens is 2. The third-order valence-corrected chi connectivity index (χ3v) is 4.19. The summed E-state index contributed by atoms with van der Waals surface area (Å²) in [6, 6.07) is 5.69. The van der Waals surface area contributed by atoms with E-state index in [0.29, 0.717) is 17.8 Å². The number of rotatable bonds is 5. The lowest BCUT2D eigenvalue weighted by atomic mass is 10.2. The van der Waals surface area contributed by atoms with Gasteiger partial charge in [-0.1, -0.05) is 25.8 Å². The number of pyridine rings is 1. The molecule has 0 aliphatic heterocycles. The quantitative estimate of drug-likeness (QED) is 0.888. The van der Waals surface area contributed by atoms with E-state index >= 15 is 0 Å². The van der Waals surface area contributed by atoms with Crippen LogP contribution >= 0.6 is 0 Å². The second-order valence-corrected chi connectivity index (χ2v) is 5.95. The Morgan fingerprint density at radius 3 is 2.78 bits per heavy atom. The average Bonchev–Trinajstić information content (AvgIpc) is 3.20. The average molecular weight is 314 g/mol. The SMILES string of the molecule is CCCNC(=O)c1nc(C(=O)NC2CCCC2)n2ccccc12. The Balaban J connectivity index is 1.90. The van der Waals surface area contributed by atoms with Crippen LogP contribution in [0.1, 0.15) is 60.1 Å². The summed E-state index contributed by atoms with van der Waals surface area (Å²) in [7, 11) is 0. The monoisotopic (exact) mass is 314 g/mol. The van der Waals surface area contributed by atoms with E-state index in [0.717, 1.165) is 32.1 Å². The molecule has 1 fully saturated rings. The van der Waals surface area contributed by atoms with Crippen LogP contribution in [-0.2, 0) is 0 Å². The van der Waals surface area contributed by atoms with Crippen molar-refractivity contribution in [2.45, 2.75) is 45.1 Å². The molecule has 2 amide bonds. The highest BCUT2D eigenvalue weighted by Gasteiger charge is 2.24. The van der Waals surface area contributed by atoms with Crippen molar-refractivity contribution in [3.63, 3.8) is 0 Å². The molecule has 2 N–H and O–H groups in total. The molecule has 0 spiro atoms. The van der Waals surface area contributed by atoms with E-state index in [9.17, 15) is 9.59 Å². The van der Waals surface area contributed by atoms with Crippen LogP contribution < -0.4 is 10.6 Å². The van der Waals surface area contributed by atoms with E-state index < -0.39 is 0 Å². The van der Waals surface area contributed by atoms with Crippen molar-refractivity contribution < 1.29 is 9.59 Å². The molecule has 1 aliphatic carbocycles. The molecule has 1 saturated carbocycles. The van der Waals surface area contributed by atoms with E-state index in [4.69, 9.17) is 0 Å². The number of fused-ring (bicyclic) bond motifs is 1. The summed E-state index contributed by atoms with van der Waals surface area (Å²) in [4.78, 5) is 29.1. The minimum atomic E-state index is -0.240. The summed E-state index contributed by atoms with van der Waals surface area (Å²) < 4.78 is 1.69. The van der Waals surface area contributed by atoms with Crippen LogP contribution in [0, 0.1) is 0 Å². The van der Waals surface area contributed by atoms with Crippen LogP contribution in [0.5, 0.6) is 0 Å². The van der Waals surface area contributed by atoms with Crippen LogP contribution in [0.25, 0.3) is 5.52 Å². The lowest BCUT2D eigenvalue weighted by Crippen LogP contribution is -2.34. The van der Waals surface area contributed by atoms with Gasteiger partial charge >= 0.3 is 0 Å². The summed E-state index contributed by atoms with van der Waals surface area (Å²) in [5.74, 6) is -0.183. The van der Waals surface area contributed by atoms with Crippen LogP contribution in [0.3, 0.4) is 0 Å². The molecule has 2 aromatic heterocycles. The van der Waals surface area contributed by atoms with E-state index in [1.54, 1.807) is 16.7 Å². The maximum atomic E-state index is 12.5. The van der Waals surface area contributed by atoms with Crippen LogP contribution in [0.4, 0.5) is 0 Å². The first-order chi connectivity index (χ1) is 11.2. The maximum absolute atomic E-state index is 12.5. The minimum absolute atomic E-state index is 0.215. The van der Waals surface area contributed by atoms with Gasteiger partial charge in [-0.2, -0.15) is 0 Å². The Labute approximate surface area is 135 Å². The molecule has 23 heavy (non-hydrogen) atoms. The minimum Gasteiger partial charge on any atom is -0.351 e. The van der Waals surface area contributed by atoms with Crippen molar-refractivity contribution >= 4 is 17.3 Å². The molecule has 2 heterocycles. The normalized spacial score (nSPS) is 15.0. The standard InChI is InChI=1S/C17H22N4O2/c1-2-10-18-16(22)14-13-9-5-6-11-21(13)15(20-14)17(23)19-12-7-3-4-8-12/h5-6,9,11-12H,2-4,7-8,10H2,1H3,(H,18,22)(H,19,23). The Hall–Kier alpha value is -2.37. The van der Waals surface area contributed by atoms with Crippen molar-refractivity contribution in [1.29, 1.82) is 0 Å². The number of carbonyl (C=O) groups is 2. The zero-order valence-electron chi connectivity index (χ0n) is 13.3. The van der Waals surface area contributed by atoms with Gasteiger partial charge in [0.2, 0.25) is 5.82 Å². The van der Waals surface area contributed by atoms with Crippen molar-refractivity contribution in [3.05, 3.63) is 35.9 Å². The molecule has 0 unspecified atom stereocenters. The first-order valence-corrected chi connectivity index (χ1v) is 8.27. The van der Waals surface area contributed by atoms with E-state index in [2.05, 4.69) is 15.6 Å². The number of hydrogen-bond acceptors (Lipinski definition) is 3. The van der Waals surface area contributed by atoms with Crippen molar-refractivity contribution in [2.75, 3.05) is 6.54 Å². The summed E-state index contributed by atoms with van der Waals surface area (Å²) >= 11 is 0. The van der Waals surface area contributed by atoms with Gasteiger partial charge in [0, 0.05) is 18.8 Å². The van der Waals surface area contributed by atoms with E-state index in [-0.39, 0.29) is 23.7 Å². The molecular formula is C17H22N4O2. The number of nitrogens with zero attached hydrogens (tertiary/aromatic N) is 2. The van der Waals surface area contributed by atoms with Gasteiger partial charge in [0.1, 0.15) is 0 Å². The second-order valence-electron chi connectivity index (χ2n) is 5.95. The largest absolute Gasteiger partial charge is 0.351 e. The van der Waals surface area contributed by atoms with Gasteiger partial charge in [-0.15, -0.1) is 0 Å². The Kier molecular flexibility index (Phi) is 4.60. The zero-order chi connectivity index (χ0) is 16.2. The van der Waals surface area contributed by atoms with Gasteiger partial charge in [0.05, 0.1) is 5.52 Å². The molecule has 0 bridgehead atoms. The lowest BCUT2D eigenvalue weighted by molar-refractivity contribution is 0.0926. The molecule has 122 valence electrons. The molecule has 1 aliphatic rings. The van der Waals surface area contributed by atoms with E-state index in [1.807, 2.05) is 19.1 Å². The Morgan fingerprint density at radius 2 is 2.04 bits per heavy atom. The van der Waals surface area contributed by atoms with Gasteiger partial charge < -0.3 is 10.6 Å². The second kappa shape index (κ2) is 6.81. The smallest absolute Gasteiger partial charge is 0.287 e. The molecule has 2 aromatic rings. The van der Waals surface area contributed by atoms with Gasteiger partial charge in [-0.05, 0) is 31.4 Å². The molecule has 3 rings (SSSR count). The van der Waals surface area contributed by atoms with Crippen molar-refractivity contribution in [1.82, 2.24) is 20.0 Å². The van der Waals surface area contributed by atoms with Crippen LogP contribution in [0.15, 0.2) is 24.4 Å². The number of carbonyl (C=O) groups excluding carboxylic acids is 2. The summed E-state index contributed by atoms with van der Waals surface area (Å²) in [5.41, 5.74) is 0.952. The molecule has 0 aromatic carbocycles. The highest BCUT2D eigenvalue weighted by molar-refractivity contribution is 6.02. The molecule has 6 nitrogen and oxygen atoms in total. The first kappa shape index (κ1) is 15.5. The summed E-state index contributed by atoms with van der Waals surface area (Å²) in [6.45, 7) is 2.58. The molecule has 0 saturated heterocycles. The number of nitrogens with one attached hydrogen (secondary N) is 2. The highest BCUT2D eigenvalue weighted by Crippen LogP contribution is 2.19. The lowest BCUT2D eigenvalue weighted by Gasteiger charge is -2.10. The number of amides is 2. The van der Waals surface area contributed by atoms with Crippen LogP contribution in [0.2, 0.25) is 0 Å². The Bertz CT molecular complexity index is 716. The van der Waals surface area contributed by atoms with E-state index in [1.165, 1.54) is 0 Å². The number of hydrogen-bond donors (Lipinski definition) is 2. The molecule has 0 atom stereocenters. The fourth-order valence-corrected chi connectivity index (χ4v) is 3.01. The fraction of sp³-hybridized carbons (Fsp3) is 0.471. The van der Waals surface area contributed by atoms with Gasteiger partial charge in [-0.25, -0.2) is 4.98 Å². The summed E-state index contributed by atoms with van der Waals surface area (Å²) in [6.07, 6.45) is 6.95. The predicted molar refractivity (Wildman–Crippen MR) is 87.5 cm³/mol. The first-order valence-electron chi connectivity index (χ1n) is 8.27. The van der Waals surface area contributed by atoms with Gasteiger partial charge in [0.15, 0.2) is 5.69 Å². The van der Waals surface area contributed by atoms with Gasteiger partial charge in [0.25, 0.3) is 11.8 Å².